The van der Waals surface area contributed by atoms with Crippen molar-refractivity contribution in [3.63, 3.8) is 0 Å². The number of piperidine rings is 1. The Balaban J connectivity index is 1.66. The maximum atomic E-state index is 12.8. The molecule has 3 rings (SSSR count). The summed E-state index contributed by atoms with van der Waals surface area (Å²) >= 11 is 0. The summed E-state index contributed by atoms with van der Waals surface area (Å²) in [5.41, 5.74) is 0.347. The molecule has 2 heterocycles. The van der Waals surface area contributed by atoms with Crippen molar-refractivity contribution in [2.45, 2.75) is 43.0 Å². The number of carbonyl (C=O) groups excluding carboxylic acids is 1. The summed E-state index contributed by atoms with van der Waals surface area (Å²) in [5, 5.41) is 0. The van der Waals surface area contributed by atoms with Gasteiger partial charge in [-0.05, 0) is 50.9 Å². The molecular weight excluding hydrogens is 388 g/mol. The zero-order chi connectivity index (χ0) is 20.3. The van der Waals surface area contributed by atoms with Crippen molar-refractivity contribution >= 4 is 15.9 Å². The molecule has 28 heavy (non-hydrogen) atoms. The van der Waals surface area contributed by atoms with Gasteiger partial charge in [-0.15, -0.1) is 0 Å². The van der Waals surface area contributed by atoms with Crippen LogP contribution in [0.3, 0.4) is 0 Å². The molecule has 9 heteroatoms. The van der Waals surface area contributed by atoms with Crippen LogP contribution in [0.1, 0.15) is 36.0 Å². The highest BCUT2D eigenvalue weighted by Gasteiger charge is 2.30. The number of alkyl halides is 2. The Hall–Kier alpha value is -1.58. The Morgan fingerprint density at radius 1 is 1.18 bits per heavy atom. The number of nitrogens with zero attached hydrogens (tertiary/aromatic N) is 3. The molecule has 2 fully saturated rings. The third-order valence-electron chi connectivity index (χ3n) is 5.58. The smallest absolute Gasteiger partial charge is 0.253 e. The largest absolute Gasteiger partial charge is 0.339 e. The summed E-state index contributed by atoms with van der Waals surface area (Å²) in [6, 6.07) is 6.22. The van der Waals surface area contributed by atoms with E-state index in [-0.39, 0.29) is 23.4 Å². The van der Waals surface area contributed by atoms with E-state index in [1.165, 1.54) is 16.4 Å². The predicted molar refractivity (Wildman–Crippen MR) is 102 cm³/mol. The maximum Gasteiger partial charge on any atom is 0.253 e. The van der Waals surface area contributed by atoms with Crippen LogP contribution in [0.25, 0.3) is 0 Å². The Kier molecular flexibility index (Phi) is 6.67. The first-order valence-electron chi connectivity index (χ1n) is 9.67. The topological polar surface area (TPSA) is 60.9 Å². The second kappa shape index (κ2) is 8.84. The number of hydrogen-bond acceptors (Lipinski definition) is 4. The van der Waals surface area contributed by atoms with Crippen molar-refractivity contribution in [1.29, 1.82) is 0 Å². The molecule has 1 aromatic rings. The highest BCUT2D eigenvalue weighted by atomic mass is 32.2. The molecule has 0 aromatic heterocycles. The predicted octanol–water partition coefficient (Wildman–Crippen LogP) is 2.27. The summed E-state index contributed by atoms with van der Waals surface area (Å²) in [5.74, 6) is -0.214. The molecule has 0 spiro atoms. The first-order valence-corrected chi connectivity index (χ1v) is 11.1. The van der Waals surface area contributed by atoms with Gasteiger partial charge in [0.1, 0.15) is 0 Å². The van der Waals surface area contributed by atoms with Gasteiger partial charge in [0, 0.05) is 37.8 Å². The van der Waals surface area contributed by atoms with Crippen LogP contribution in [0.15, 0.2) is 29.2 Å². The lowest BCUT2D eigenvalue weighted by molar-refractivity contribution is 0.0483. The average Bonchev–Trinajstić information content (AvgIpc) is 3.23. The molecule has 0 bridgehead atoms. The zero-order valence-corrected chi connectivity index (χ0v) is 16.9. The molecule has 0 saturated carbocycles. The fourth-order valence-corrected chi connectivity index (χ4v) is 5.49. The van der Waals surface area contributed by atoms with E-state index < -0.39 is 16.4 Å². The van der Waals surface area contributed by atoms with Crippen LogP contribution in [0, 0.1) is 0 Å². The quantitative estimate of drug-likeness (QED) is 0.715. The van der Waals surface area contributed by atoms with Crippen molar-refractivity contribution in [3.05, 3.63) is 29.8 Å². The normalized spacial score (nSPS) is 19.7. The molecule has 2 saturated heterocycles. The average molecular weight is 416 g/mol. The third-order valence-corrected chi connectivity index (χ3v) is 7.48. The molecule has 0 N–H and O–H groups in total. The van der Waals surface area contributed by atoms with E-state index in [0.29, 0.717) is 44.6 Å². The summed E-state index contributed by atoms with van der Waals surface area (Å²) in [4.78, 5) is 16.3. The van der Waals surface area contributed by atoms with Crippen LogP contribution in [0.4, 0.5) is 8.78 Å². The Morgan fingerprint density at radius 2 is 1.82 bits per heavy atom. The van der Waals surface area contributed by atoms with Crippen LogP contribution in [-0.2, 0) is 10.0 Å². The van der Waals surface area contributed by atoms with Gasteiger partial charge in [-0.2, -0.15) is 4.31 Å². The van der Waals surface area contributed by atoms with Crippen molar-refractivity contribution in [2.75, 3.05) is 39.8 Å². The van der Waals surface area contributed by atoms with E-state index in [2.05, 4.69) is 0 Å². The van der Waals surface area contributed by atoms with E-state index in [9.17, 15) is 22.0 Å². The van der Waals surface area contributed by atoms with Crippen LogP contribution >= 0.6 is 0 Å². The van der Waals surface area contributed by atoms with E-state index in [1.54, 1.807) is 29.0 Å². The van der Waals surface area contributed by atoms with Crippen LogP contribution in [-0.4, -0.2) is 80.7 Å². The molecule has 1 aromatic carbocycles. The van der Waals surface area contributed by atoms with Gasteiger partial charge in [0.2, 0.25) is 10.0 Å². The van der Waals surface area contributed by atoms with Gasteiger partial charge in [0.05, 0.1) is 11.4 Å². The molecule has 0 unspecified atom stereocenters. The molecule has 0 radical (unpaired) electrons. The van der Waals surface area contributed by atoms with Crippen LogP contribution in [0.5, 0.6) is 0 Å². The molecule has 0 aliphatic carbocycles. The lowest BCUT2D eigenvalue weighted by Crippen LogP contribution is -2.46. The summed E-state index contributed by atoms with van der Waals surface area (Å²) in [6.07, 6.45) is 0.589. The minimum absolute atomic E-state index is 0.0277. The molecule has 2 aliphatic heterocycles. The number of sulfonamides is 1. The number of likely N-dealkylation sites (tertiary alicyclic amines) is 1. The monoisotopic (exact) mass is 415 g/mol. The number of amides is 1. The van der Waals surface area contributed by atoms with Gasteiger partial charge in [0.15, 0.2) is 0 Å². The van der Waals surface area contributed by atoms with Gasteiger partial charge >= 0.3 is 0 Å². The highest BCUT2D eigenvalue weighted by molar-refractivity contribution is 7.89. The number of rotatable bonds is 6. The van der Waals surface area contributed by atoms with E-state index in [0.717, 1.165) is 12.8 Å². The number of halogens is 2. The minimum Gasteiger partial charge on any atom is -0.339 e. The van der Waals surface area contributed by atoms with Crippen molar-refractivity contribution < 1.29 is 22.0 Å². The van der Waals surface area contributed by atoms with E-state index in [4.69, 9.17) is 0 Å². The van der Waals surface area contributed by atoms with Gasteiger partial charge in [-0.25, -0.2) is 17.2 Å². The van der Waals surface area contributed by atoms with Gasteiger partial charge in [-0.3, -0.25) is 9.69 Å². The summed E-state index contributed by atoms with van der Waals surface area (Å²) in [7, 11) is -1.89. The Labute approximate surface area is 165 Å². The summed E-state index contributed by atoms with van der Waals surface area (Å²) < 4.78 is 52.0. The second-order valence-corrected chi connectivity index (χ2v) is 9.43. The molecule has 0 atom stereocenters. The van der Waals surface area contributed by atoms with Crippen molar-refractivity contribution in [3.8, 4) is 0 Å². The number of benzene rings is 1. The van der Waals surface area contributed by atoms with Gasteiger partial charge in [-0.1, -0.05) is 6.07 Å². The van der Waals surface area contributed by atoms with E-state index in [1.807, 2.05) is 0 Å². The van der Waals surface area contributed by atoms with Crippen LogP contribution in [0.2, 0.25) is 0 Å². The highest BCUT2D eigenvalue weighted by Crippen LogP contribution is 2.23. The zero-order valence-electron chi connectivity index (χ0n) is 16.1. The Bertz CT molecular complexity index is 789. The Morgan fingerprint density at radius 3 is 2.43 bits per heavy atom. The summed E-state index contributed by atoms with van der Waals surface area (Å²) in [6.45, 7) is 1.70. The van der Waals surface area contributed by atoms with Crippen LogP contribution < -0.4 is 0 Å². The molecule has 1 amide bonds. The lowest BCUT2D eigenvalue weighted by Gasteiger charge is -2.36. The number of carbonyl (C=O) groups is 1. The van der Waals surface area contributed by atoms with Gasteiger partial charge in [0.25, 0.3) is 12.3 Å². The minimum atomic E-state index is -3.57. The van der Waals surface area contributed by atoms with Crippen molar-refractivity contribution in [2.24, 2.45) is 0 Å². The first-order chi connectivity index (χ1) is 13.3. The molecule has 6 nitrogen and oxygen atoms in total. The standard InChI is InChI=1S/C19H27F2N3O3S/c1-22(14-18(20)21)16-7-11-23(12-8-16)19(25)15-5-4-6-17(13-15)28(26,27)24-9-2-3-10-24/h4-6,13,16,18H,2-3,7-12,14H2,1H3. The third kappa shape index (κ3) is 4.69. The molecule has 156 valence electrons. The molecular formula is C19H27F2N3O3S. The SMILES string of the molecule is CN(CC(F)F)C1CCN(C(=O)c2cccc(S(=O)(=O)N3CCCC3)c2)CC1. The van der Waals surface area contributed by atoms with E-state index >= 15 is 0 Å². The second-order valence-electron chi connectivity index (χ2n) is 7.49. The molecule has 2 aliphatic rings. The number of hydrogen-bond donors (Lipinski definition) is 0. The first kappa shape index (κ1) is 21.1. The van der Waals surface area contributed by atoms with Gasteiger partial charge < -0.3 is 4.90 Å². The van der Waals surface area contributed by atoms with Crippen molar-refractivity contribution in [1.82, 2.24) is 14.1 Å². The lowest BCUT2D eigenvalue weighted by atomic mass is 10.0. The fraction of sp³-hybridized carbons (Fsp3) is 0.632. The maximum absolute atomic E-state index is 12.8. The fourth-order valence-electron chi connectivity index (χ4n) is 3.93.